The number of carbonyl (C=O) groups is 1. The summed E-state index contributed by atoms with van der Waals surface area (Å²) < 4.78 is 10.7. The van der Waals surface area contributed by atoms with E-state index in [0.717, 1.165) is 13.2 Å². The first-order valence-corrected chi connectivity index (χ1v) is 7.10. The number of methoxy groups -OCH3 is 1. The number of carbonyl (C=O) groups excluding carboxylic acids is 1. The van der Waals surface area contributed by atoms with Crippen molar-refractivity contribution in [3.8, 4) is 0 Å². The molecule has 18 heavy (non-hydrogen) atoms. The van der Waals surface area contributed by atoms with Gasteiger partial charge in [-0.3, -0.25) is 9.69 Å². The molecule has 1 aliphatic heterocycles. The fourth-order valence-corrected chi connectivity index (χ4v) is 3.30. The smallest absolute Gasteiger partial charge is 0.309 e. The van der Waals surface area contributed by atoms with Gasteiger partial charge in [-0.15, -0.1) is 0 Å². The second kappa shape index (κ2) is 6.02. The Kier molecular flexibility index (Phi) is 4.62. The maximum absolute atomic E-state index is 11.7. The maximum atomic E-state index is 11.7. The van der Waals surface area contributed by atoms with Crippen molar-refractivity contribution in [3.05, 3.63) is 0 Å². The minimum atomic E-state index is -0.110. The summed E-state index contributed by atoms with van der Waals surface area (Å²) in [5, 5.41) is 0. The molecule has 0 radical (unpaired) electrons. The van der Waals surface area contributed by atoms with Crippen molar-refractivity contribution in [2.24, 2.45) is 5.92 Å². The van der Waals surface area contributed by atoms with Crippen LogP contribution in [-0.4, -0.2) is 49.3 Å². The van der Waals surface area contributed by atoms with Gasteiger partial charge in [0.2, 0.25) is 0 Å². The predicted molar refractivity (Wildman–Crippen MR) is 69.3 cm³/mol. The maximum Gasteiger partial charge on any atom is 0.309 e. The second-order valence-electron chi connectivity index (χ2n) is 5.55. The molecule has 4 nitrogen and oxygen atoms in total. The molecule has 1 aliphatic carbocycles. The number of hydrogen-bond acceptors (Lipinski definition) is 4. The van der Waals surface area contributed by atoms with Crippen LogP contribution in [0.3, 0.4) is 0 Å². The number of morpholine rings is 1. The van der Waals surface area contributed by atoms with Crippen LogP contribution in [0.5, 0.6) is 0 Å². The Hall–Kier alpha value is -0.610. The van der Waals surface area contributed by atoms with Gasteiger partial charge in [-0.1, -0.05) is 19.8 Å². The quantitative estimate of drug-likeness (QED) is 0.721. The molecule has 2 rings (SSSR count). The van der Waals surface area contributed by atoms with Crippen LogP contribution in [0.4, 0.5) is 0 Å². The molecule has 4 heteroatoms. The first-order chi connectivity index (χ1) is 8.65. The van der Waals surface area contributed by atoms with Gasteiger partial charge in [0.05, 0.1) is 25.7 Å². The molecule has 0 amide bonds. The Morgan fingerprint density at radius 1 is 1.33 bits per heavy atom. The third kappa shape index (κ3) is 2.69. The molecule has 0 aromatic heterocycles. The van der Waals surface area contributed by atoms with E-state index >= 15 is 0 Å². The van der Waals surface area contributed by atoms with E-state index in [0.29, 0.717) is 12.1 Å². The Labute approximate surface area is 110 Å². The lowest BCUT2D eigenvalue weighted by atomic mass is 9.87. The first-order valence-electron chi connectivity index (χ1n) is 7.10. The minimum Gasteiger partial charge on any atom is -0.469 e. The molecular weight excluding hydrogens is 230 g/mol. The normalized spacial score (nSPS) is 32.4. The van der Waals surface area contributed by atoms with Crippen LogP contribution < -0.4 is 0 Å². The van der Waals surface area contributed by atoms with Crippen molar-refractivity contribution in [3.63, 3.8) is 0 Å². The van der Waals surface area contributed by atoms with Crippen LogP contribution in [0.25, 0.3) is 0 Å². The fraction of sp³-hybridized carbons (Fsp3) is 0.929. The van der Waals surface area contributed by atoms with Crippen molar-refractivity contribution >= 4 is 5.97 Å². The van der Waals surface area contributed by atoms with E-state index in [-0.39, 0.29) is 17.9 Å². The van der Waals surface area contributed by atoms with Crippen molar-refractivity contribution < 1.29 is 14.3 Å². The van der Waals surface area contributed by atoms with Crippen LogP contribution >= 0.6 is 0 Å². The van der Waals surface area contributed by atoms with Gasteiger partial charge in [-0.2, -0.15) is 0 Å². The number of rotatable bonds is 3. The molecule has 1 saturated heterocycles. The standard InChI is InChI=1S/C14H25NO3/c1-10(14(16)17-3)11(2)15-8-9-18-13-7-5-4-6-12(13)15/h10-13H,4-9H2,1-3H3. The molecule has 0 aromatic rings. The van der Waals surface area contributed by atoms with E-state index in [1.54, 1.807) is 0 Å². The lowest BCUT2D eigenvalue weighted by Crippen LogP contribution is -2.57. The molecule has 0 aromatic carbocycles. The highest BCUT2D eigenvalue weighted by atomic mass is 16.5. The van der Waals surface area contributed by atoms with Gasteiger partial charge < -0.3 is 9.47 Å². The Balaban J connectivity index is 2.03. The Bertz CT molecular complexity index is 293. The first kappa shape index (κ1) is 13.8. The summed E-state index contributed by atoms with van der Waals surface area (Å²) in [5.74, 6) is -0.183. The SMILES string of the molecule is COC(=O)C(C)C(C)N1CCOC2CCCCC21. The van der Waals surface area contributed by atoms with Gasteiger partial charge in [0.1, 0.15) is 0 Å². The molecule has 0 N–H and O–H groups in total. The van der Waals surface area contributed by atoms with Crippen molar-refractivity contribution in [1.29, 1.82) is 0 Å². The average molecular weight is 255 g/mol. The van der Waals surface area contributed by atoms with E-state index in [1.807, 2.05) is 6.92 Å². The zero-order valence-electron chi connectivity index (χ0n) is 11.7. The van der Waals surface area contributed by atoms with Gasteiger partial charge in [0.25, 0.3) is 0 Å². The summed E-state index contributed by atoms with van der Waals surface area (Å²) in [7, 11) is 1.47. The Morgan fingerprint density at radius 2 is 2.06 bits per heavy atom. The van der Waals surface area contributed by atoms with E-state index < -0.39 is 0 Å². The summed E-state index contributed by atoms with van der Waals surface area (Å²) >= 11 is 0. The van der Waals surface area contributed by atoms with Crippen LogP contribution in [0.15, 0.2) is 0 Å². The topological polar surface area (TPSA) is 38.8 Å². The highest BCUT2D eigenvalue weighted by molar-refractivity contribution is 5.72. The van der Waals surface area contributed by atoms with Crippen LogP contribution in [0, 0.1) is 5.92 Å². The van der Waals surface area contributed by atoms with Crippen molar-refractivity contribution in [2.45, 2.75) is 57.7 Å². The molecule has 1 heterocycles. The van der Waals surface area contributed by atoms with Crippen molar-refractivity contribution in [2.75, 3.05) is 20.3 Å². The molecule has 1 saturated carbocycles. The van der Waals surface area contributed by atoms with E-state index in [9.17, 15) is 4.79 Å². The Morgan fingerprint density at radius 3 is 2.78 bits per heavy atom. The summed E-state index contributed by atoms with van der Waals surface area (Å²) in [4.78, 5) is 14.1. The predicted octanol–water partition coefficient (Wildman–Crippen LogP) is 1.83. The molecule has 0 bridgehead atoms. The highest BCUT2D eigenvalue weighted by Crippen LogP contribution is 2.31. The van der Waals surface area contributed by atoms with Gasteiger partial charge in [-0.05, 0) is 19.8 Å². The summed E-state index contributed by atoms with van der Waals surface area (Å²) in [6.07, 6.45) is 5.29. The largest absolute Gasteiger partial charge is 0.469 e. The van der Waals surface area contributed by atoms with Crippen molar-refractivity contribution in [1.82, 2.24) is 4.90 Å². The molecule has 4 unspecified atom stereocenters. The monoisotopic (exact) mass is 255 g/mol. The molecule has 104 valence electrons. The summed E-state index contributed by atoms with van der Waals surface area (Å²) in [6, 6.07) is 0.724. The molecule has 2 aliphatic rings. The number of hydrogen-bond donors (Lipinski definition) is 0. The zero-order valence-corrected chi connectivity index (χ0v) is 11.7. The minimum absolute atomic E-state index is 0.0734. The lowest BCUT2D eigenvalue weighted by Gasteiger charge is -2.47. The zero-order chi connectivity index (χ0) is 13.1. The van der Waals surface area contributed by atoms with Crippen LogP contribution in [0.2, 0.25) is 0 Å². The number of fused-ring (bicyclic) bond motifs is 1. The van der Waals surface area contributed by atoms with Gasteiger partial charge >= 0.3 is 5.97 Å². The average Bonchev–Trinajstić information content (AvgIpc) is 2.44. The van der Waals surface area contributed by atoms with Crippen LogP contribution in [0.1, 0.15) is 39.5 Å². The third-order valence-corrected chi connectivity index (χ3v) is 4.59. The van der Waals surface area contributed by atoms with E-state index in [1.165, 1.54) is 32.8 Å². The fourth-order valence-electron chi connectivity index (χ4n) is 3.30. The van der Waals surface area contributed by atoms with Gasteiger partial charge in [0, 0.05) is 18.6 Å². The summed E-state index contributed by atoms with van der Waals surface area (Å²) in [6.45, 7) is 5.82. The number of esters is 1. The number of nitrogens with zero attached hydrogens (tertiary/aromatic N) is 1. The molecule has 2 fully saturated rings. The van der Waals surface area contributed by atoms with E-state index in [4.69, 9.17) is 9.47 Å². The lowest BCUT2D eigenvalue weighted by molar-refractivity contribution is -0.151. The second-order valence-corrected chi connectivity index (χ2v) is 5.55. The van der Waals surface area contributed by atoms with Crippen LogP contribution in [-0.2, 0) is 14.3 Å². The molecule has 4 atom stereocenters. The van der Waals surface area contributed by atoms with E-state index in [2.05, 4.69) is 11.8 Å². The van der Waals surface area contributed by atoms with Gasteiger partial charge in [0.15, 0.2) is 0 Å². The molecule has 0 spiro atoms. The highest BCUT2D eigenvalue weighted by Gasteiger charge is 2.38. The summed E-state index contributed by atoms with van der Waals surface area (Å²) in [5.41, 5.74) is 0. The number of ether oxygens (including phenoxy) is 2. The molecular formula is C14H25NO3. The van der Waals surface area contributed by atoms with Gasteiger partial charge in [-0.25, -0.2) is 0 Å². The third-order valence-electron chi connectivity index (χ3n) is 4.59.